The molecule has 0 fully saturated rings. The van der Waals surface area contributed by atoms with E-state index in [4.69, 9.17) is 9.47 Å². The van der Waals surface area contributed by atoms with Crippen LogP contribution in [-0.2, 0) is 4.74 Å². The van der Waals surface area contributed by atoms with Crippen molar-refractivity contribution in [2.45, 2.75) is 20.8 Å². The van der Waals surface area contributed by atoms with E-state index in [0.29, 0.717) is 27.6 Å². The van der Waals surface area contributed by atoms with Gasteiger partial charge in [-0.05, 0) is 56.7 Å². The number of para-hydroxylation sites is 1. The number of thiophene rings is 1. The third-order valence-electron chi connectivity index (χ3n) is 4.17. The average molecular weight is 395 g/mol. The Labute approximate surface area is 167 Å². The molecule has 1 heterocycles. The first kappa shape index (κ1) is 19.6. The third kappa shape index (κ3) is 4.40. The van der Waals surface area contributed by atoms with Crippen molar-refractivity contribution in [3.05, 3.63) is 76.2 Å². The first-order valence-electron chi connectivity index (χ1n) is 8.91. The van der Waals surface area contributed by atoms with Crippen molar-refractivity contribution in [3.63, 3.8) is 0 Å². The molecule has 5 nitrogen and oxygen atoms in total. The highest BCUT2D eigenvalue weighted by atomic mass is 32.1. The topological polar surface area (TPSA) is 64.6 Å². The van der Waals surface area contributed by atoms with Crippen molar-refractivity contribution in [2.75, 3.05) is 11.9 Å². The molecule has 1 N–H and O–H groups in total. The zero-order chi connectivity index (χ0) is 20.1. The van der Waals surface area contributed by atoms with E-state index in [1.54, 1.807) is 31.2 Å². The third-order valence-corrected chi connectivity index (χ3v) is 5.29. The number of nitrogens with one attached hydrogen (secondary N) is 1. The number of amides is 1. The van der Waals surface area contributed by atoms with Gasteiger partial charge in [-0.3, -0.25) is 4.79 Å². The number of rotatable bonds is 6. The maximum absolute atomic E-state index is 12.8. The molecule has 0 aliphatic rings. The van der Waals surface area contributed by atoms with Gasteiger partial charge in [0.2, 0.25) is 0 Å². The summed E-state index contributed by atoms with van der Waals surface area (Å²) in [6.45, 7) is 5.79. The zero-order valence-electron chi connectivity index (χ0n) is 15.9. The van der Waals surface area contributed by atoms with Gasteiger partial charge >= 0.3 is 5.97 Å². The number of esters is 1. The number of hydrogen-bond acceptors (Lipinski definition) is 5. The molecule has 6 heteroatoms. The number of ether oxygens (including phenoxy) is 2. The molecule has 0 radical (unpaired) electrons. The van der Waals surface area contributed by atoms with E-state index in [2.05, 4.69) is 5.32 Å². The lowest BCUT2D eigenvalue weighted by molar-refractivity contribution is 0.0527. The van der Waals surface area contributed by atoms with Crippen LogP contribution in [0.5, 0.6) is 11.5 Å². The average Bonchev–Trinajstić information content (AvgIpc) is 2.96. The van der Waals surface area contributed by atoms with Gasteiger partial charge in [0.05, 0.1) is 12.2 Å². The number of carbonyl (C=O) groups is 2. The summed E-state index contributed by atoms with van der Waals surface area (Å²) in [4.78, 5) is 26.0. The number of benzene rings is 2. The second-order valence-corrected chi connectivity index (χ2v) is 7.33. The first-order valence-corrected chi connectivity index (χ1v) is 9.72. The van der Waals surface area contributed by atoms with Gasteiger partial charge in [-0.1, -0.05) is 24.3 Å². The van der Waals surface area contributed by atoms with E-state index in [1.807, 2.05) is 44.2 Å². The lowest BCUT2D eigenvalue weighted by Gasteiger charge is -2.09. The molecule has 3 rings (SSSR count). The molecule has 1 amide bonds. The fourth-order valence-corrected chi connectivity index (χ4v) is 3.71. The minimum absolute atomic E-state index is 0.277. The smallest absolute Gasteiger partial charge is 0.341 e. The lowest BCUT2D eigenvalue weighted by Crippen LogP contribution is -2.15. The highest BCUT2D eigenvalue weighted by molar-refractivity contribution is 7.16. The minimum atomic E-state index is -0.430. The van der Waals surface area contributed by atoms with Crippen molar-refractivity contribution in [2.24, 2.45) is 0 Å². The van der Waals surface area contributed by atoms with Crippen LogP contribution in [0.25, 0.3) is 0 Å². The number of hydrogen-bond donors (Lipinski definition) is 1. The Kier molecular flexibility index (Phi) is 6.11. The Balaban J connectivity index is 1.81. The van der Waals surface area contributed by atoms with Gasteiger partial charge < -0.3 is 14.8 Å². The van der Waals surface area contributed by atoms with Gasteiger partial charge in [-0.25, -0.2) is 4.79 Å². The largest absolute Gasteiger partial charge is 0.462 e. The molecule has 2 aromatic carbocycles. The molecule has 0 spiro atoms. The molecule has 28 heavy (non-hydrogen) atoms. The summed E-state index contributed by atoms with van der Waals surface area (Å²) >= 11 is 1.36. The molecule has 0 saturated carbocycles. The summed E-state index contributed by atoms with van der Waals surface area (Å²) in [7, 11) is 0. The number of aryl methyl sites for hydroxylation is 1. The van der Waals surface area contributed by atoms with Crippen molar-refractivity contribution in [1.29, 1.82) is 0 Å². The molecule has 0 atom stereocenters. The van der Waals surface area contributed by atoms with Gasteiger partial charge in [0.1, 0.15) is 16.5 Å². The van der Waals surface area contributed by atoms with Crippen molar-refractivity contribution < 1.29 is 19.1 Å². The maximum atomic E-state index is 12.8. The van der Waals surface area contributed by atoms with Crippen LogP contribution < -0.4 is 10.1 Å². The summed E-state index contributed by atoms with van der Waals surface area (Å²) in [6, 6.07) is 16.3. The summed E-state index contributed by atoms with van der Waals surface area (Å²) in [5.41, 5.74) is 1.67. The normalized spacial score (nSPS) is 10.4. The highest BCUT2D eigenvalue weighted by Crippen LogP contribution is 2.33. The predicted molar refractivity (Wildman–Crippen MR) is 111 cm³/mol. The Bertz CT molecular complexity index is 995. The van der Waals surface area contributed by atoms with E-state index in [-0.39, 0.29) is 12.5 Å². The molecular weight excluding hydrogens is 374 g/mol. The van der Waals surface area contributed by atoms with Gasteiger partial charge in [0.15, 0.2) is 0 Å². The molecule has 1 aromatic heterocycles. The SMILES string of the molecule is CCOC(=O)c1c(NC(=O)c2cccc(Oc3ccccc3)c2)sc(C)c1C. The van der Waals surface area contributed by atoms with Gasteiger partial charge in [0, 0.05) is 10.4 Å². The van der Waals surface area contributed by atoms with E-state index < -0.39 is 5.97 Å². The maximum Gasteiger partial charge on any atom is 0.341 e. The van der Waals surface area contributed by atoms with Crippen molar-refractivity contribution in [3.8, 4) is 11.5 Å². The Hall–Kier alpha value is -3.12. The fraction of sp³-hybridized carbons (Fsp3) is 0.182. The minimum Gasteiger partial charge on any atom is -0.462 e. The lowest BCUT2D eigenvalue weighted by atomic mass is 10.1. The van der Waals surface area contributed by atoms with E-state index in [1.165, 1.54) is 11.3 Å². The van der Waals surface area contributed by atoms with Crippen LogP contribution in [0.1, 0.15) is 38.1 Å². The molecule has 3 aromatic rings. The van der Waals surface area contributed by atoms with Gasteiger partial charge in [-0.2, -0.15) is 0 Å². The summed E-state index contributed by atoms with van der Waals surface area (Å²) < 4.78 is 10.9. The second-order valence-electron chi connectivity index (χ2n) is 6.10. The van der Waals surface area contributed by atoms with E-state index >= 15 is 0 Å². The monoisotopic (exact) mass is 395 g/mol. The highest BCUT2D eigenvalue weighted by Gasteiger charge is 2.22. The zero-order valence-corrected chi connectivity index (χ0v) is 16.8. The van der Waals surface area contributed by atoms with E-state index in [9.17, 15) is 9.59 Å². The standard InChI is InChI=1S/C22H21NO4S/c1-4-26-22(25)19-14(2)15(3)28-21(19)23-20(24)16-9-8-12-18(13-16)27-17-10-6-5-7-11-17/h5-13H,4H2,1-3H3,(H,23,24). The molecule has 0 aliphatic carbocycles. The van der Waals surface area contributed by atoms with Gasteiger partial charge in [-0.15, -0.1) is 11.3 Å². The Morgan fingerprint density at radius 3 is 2.43 bits per heavy atom. The fourth-order valence-electron chi connectivity index (χ4n) is 2.66. The van der Waals surface area contributed by atoms with Crippen LogP contribution >= 0.6 is 11.3 Å². The first-order chi connectivity index (χ1) is 13.5. The molecule has 0 unspecified atom stereocenters. The molecule has 144 valence electrons. The Morgan fingerprint density at radius 1 is 1.00 bits per heavy atom. The van der Waals surface area contributed by atoms with Crippen LogP contribution in [0.15, 0.2) is 54.6 Å². The molecule has 0 saturated heterocycles. The van der Waals surface area contributed by atoms with Crippen molar-refractivity contribution >= 4 is 28.2 Å². The molecule has 0 aliphatic heterocycles. The van der Waals surface area contributed by atoms with Crippen molar-refractivity contribution in [1.82, 2.24) is 0 Å². The van der Waals surface area contributed by atoms with Crippen LogP contribution in [0.2, 0.25) is 0 Å². The van der Waals surface area contributed by atoms with Gasteiger partial charge in [0.25, 0.3) is 5.91 Å². The van der Waals surface area contributed by atoms with Crippen LogP contribution in [0.4, 0.5) is 5.00 Å². The Morgan fingerprint density at radius 2 is 1.71 bits per heavy atom. The van der Waals surface area contributed by atoms with Crippen LogP contribution in [-0.4, -0.2) is 18.5 Å². The summed E-state index contributed by atoms with van der Waals surface area (Å²) in [5.74, 6) is 0.503. The molecule has 0 bridgehead atoms. The number of anilines is 1. The second kappa shape index (κ2) is 8.71. The van der Waals surface area contributed by atoms with Crippen LogP contribution in [0, 0.1) is 13.8 Å². The van der Waals surface area contributed by atoms with Crippen LogP contribution in [0.3, 0.4) is 0 Å². The van der Waals surface area contributed by atoms with E-state index in [0.717, 1.165) is 10.4 Å². The summed E-state index contributed by atoms with van der Waals surface area (Å²) in [5, 5.41) is 3.34. The molecular formula is C22H21NO4S. The summed E-state index contributed by atoms with van der Waals surface area (Å²) in [6.07, 6.45) is 0. The quantitative estimate of drug-likeness (QED) is 0.553. The number of carbonyl (C=O) groups excluding carboxylic acids is 2. The predicted octanol–water partition coefficient (Wildman–Crippen LogP) is 5.59.